The predicted molar refractivity (Wildman–Crippen MR) is 78.2 cm³/mol. The Hall–Kier alpha value is -0.0600. The maximum atomic E-state index is 4.86. The molecule has 0 amide bonds. The number of nitrogens with zero attached hydrogens (tertiary/aromatic N) is 1. The van der Waals surface area contributed by atoms with Gasteiger partial charge in [0, 0.05) is 29.1 Å². The Morgan fingerprint density at radius 3 is 3.06 bits per heavy atom. The van der Waals surface area contributed by atoms with Crippen molar-refractivity contribution in [2.24, 2.45) is 0 Å². The minimum atomic E-state index is 0.574. The number of thiazole rings is 1. The van der Waals surface area contributed by atoms with Gasteiger partial charge in [-0.25, -0.2) is 4.98 Å². The van der Waals surface area contributed by atoms with E-state index in [4.69, 9.17) is 4.98 Å². The first-order valence-corrected chi connectivity index (χ1v) is 8.62. The van der Waals surface area contributed by atoms with E-state index in [-0.39, 0.29) is 0 Å². The lowest BCUT2D eigenvalue weighted by Gasteiger charge is -2.22. The highest BCUT2D eigenvalue weighted by Crippen LogP contribution is 2.35. The summed E-state index contributed by atoms with van der Waals surface area (Å²) in [5.74, 6) is 1.72. The Labute approximate surface area is 113 Å². The number of aromatic nitrogens is 1. The molecule has 0 aromatic carbocycles. The van der Waals surface area contributed by atoms with Crippen LogP contribution in [0.5, 0.6) is 0 Å². The lowest BCUT2D eigenvalue weighted by Crippen LogP contribution is -2.29. The van der Waals surface area contributed by atoms with E-state index in [9.17, 15) is 0 Å². The SMILES string of the molecule is CSCc1nc2c(s1)CCCC2CNC(C)C. The average Bonchev–Trinajstić information content (AvgIpc) is 2.69. The van der Waals surface area contributed by atoms with E-state index >= 15 is 0 Å². The fraction of sp³-hybridized carbons (Fsp3) is 0.769. The summed E-state index contributed by atoms with van der Waals surface area (Å²) in [7, 11) is 0. The molecule has 1 aromatic rings. The molecular weight excluding hydrogens is 248 g/mol. The number of hydrogen-bond donors (Lipinski definition) is 1. The van der Waals surface area contributed by atoms with Crippen LogP contribution in [-0.2, 0) is 12.2 Å². The van der Waals surface area contributed by atoms with Gasteiger partial charge in [0.1, 0.15) is 5.01 Å². The zero-order chi connectivity index (χ0) is 12.3. The van der Waals surface area contributed by atoms with Gasteiger partial charge in [0.25, 0.3) is 0 Å². The van der Waals surface area contributed by atoms with E-state index in [0.29, 0.717) is 12.0 Å². The number of hydrogen-bond acceptors (Lipinski definition) is 4. The molecule has 0 saturated heterocycles. The summed E-state index contributed by atoms with van der Waals surface area (Å²) >= 11 is 3.81. The summed E-state index contributed by atoms with van der Waals surface area (Å²) in [6, 6.07) is 0.574. The van der Waals surface area contributed by atoms with Gasteiger partial charge in [-0.1, -0.05) is 13.8 Å². The van der Waals surface area contributed by atoms with Crippen LogP contribution in [0.15, 0.2) is 0 Å². The van der Waals surface area contributed by atoms with Gasteiger partial charge in [0.05, 0.1) is 5.69 Å². The van der Waals surface area contributed by atoms with Crippen molar-refractivity contribution in [2.45, 2.75) is 50.8 Å². The van der Waals surface area contributed by atoms with Crippen molar-refractivity contribution in [3.63, 3.8) is 0 Å². The summed E-state index contributed by atoms with van der Waals surface area (Å²) < 4.78 is 0. The Morgan fingerprint density at radius 1 is 1.53 bits per heavy atom. The van der Waals surface area contributed by atoms with Crippen molar-refractivity contribution in [3.8, 4) is 0 Å². The number of thioether (sulfide) groups is 1. The first-order chi connectivity index (χ1) is 8.20. The number of nitrogens with one attached hydrogen (secondary N) is 1. The van der Waals surface area contributed by atoms with Crippen molar-refractivity contribution in [3.05, 3.63) is 15.6 Å². The largest absolute Gasteiger partial charge is 0.314 e. The van der Waals surface area contributed by atoms with E-state index in [2.05, 4.69) is 25.4 Å². The first kappa shape index (κ1) is 13.4. The zero-order valence-electron chi connectivity index (χ0n) is 11.0. The predicted octanol–water partition coefficient (Wildman–Crippen LogP) is 3.42. The van der Waals surface area contributed by atoms with Gasteiger partial charge in [0.15, 0.2) is 0 Å². The third-order valence-corrected chi connectivity index (χ3v) is 5.03. The van der Waals surface area contributed by atoms with E-state index in [1.807, 2.05) is 23.1 Å². The summed E-state index contributed by atoms with van der Waals surface area (Å²) in [5, 5.41) is 4.88. The first-order valence-electron chi connectivity index (χ1n) is 6.41. The summed E-state index contributed by atoms with van der Waals surface area (Å²) in [6.07, 6.45) is 6.03. The highest BCUT2D eigenvalue weighted by Gasteiger charge is 2.24. The highest BCUT2D eigenvalue weighted by molar-refractivity contribution is 7.97. The van der Waals surface area contributed by atoms with Crippen LogP contribution in [0.2, 0.25) is 0 Å². The van der Waals surface area contributed by atoms with Crippen LogP contribution >= 0.6 is 23.1 Å². The molecule has 0 bridgehead atoms. The molecule has 2 nitrogen and oxygen atoms in total. The molecule has 1 aliphatic rings. The van der Waals surface area contributed by atoms with Crippen LogP contribution in [0.4, 0.5) is 0 Å². The normalized spacial score (nSPS) is 19.6. The molecular formula is C13H22N2S2. The fourth-order valence-corrected chi connectivity index (χ4v) is 4.21. The fourth-order valence-electron chi connectivity index (χ4n) is 2.32. The smallest absolute Gasteiger partial charge is 0.103 e. The second-order valence-electron chi connectivity index (χ2n) is 5.00. The standard InChI is InChI=1S/C13H22N2S2/c1-9(2)14-7-10-5-4-6-11-13(10)15-12(17-11)8-16-3/h9-10,14H,4-8H2,1-3H3. The number of aryl methyl sites for hydroxylation is 1. The van der Waals surface area contributed by atoms with Gasteiger partial charge < -0.3 is 5.32 Å². The molecule has 0 radical (unpaired) electrons. The van der Waals surface area contributed by atoms with E-state index in [0.717, 1.165) is 12.3 Å². The molecule has 4 heteroatoms. The minimum Gasteiger partial charge on any atom is -0.314 e. The maximum Gasteiger partial charge on any atom is 0.103 e. The molecule has 1 aliphatic carbocycles. The van der Waals surface area contributed by atoms with Gasteiger partial charge in [-0.15, -0.1) is 11.3 Å². The van der Waals surface area contributed by atoms with Gasteiger partial charge in [0.2, 0.25) is 0 Å². The topological polar surface area (TPSA) is 24.9 Å². The molecule has 0 spiro atoms. The van der Waals surface area contributed by atoms with Crippen LogP contribution in [0, 0.1) is 0 Å². The van der Waals surface area contributed by atoms with Crippen LogP contribution in [-0.4, -0.2) is 23.8 Å². The molecule has 1 heterocycles. The molecule has 0 fully saturated rings. The minimum absolute atomic E-state index is 0.574. The molecule has 96 valence electrons. The summed E-state index contributed by atoms with van der Waals surface area (Å²) in [6.45, 7) is 5.51. The van der Waals surface area contributed by atoms with Gasteiger partial charge in [-0.05, 0) is 25.5 Å². The molecule has 0 aliphatic heterocycles. The van der Waals surface area contributed by atoms with Crippen LogP contribution < -0.4 is 5.32 Å². The third kappa shape index (κ3) is 3.46. The Morgan fingerprint density at radius 2 is 2.35 bits per heavy atom. The summed E-state index contributed by atoms with van der Waals surface area (Å²) in [5.41, 5.74) is 1.40. The summed E-state index contributed by atoms with van der Waals surface area (Å²) in [4.78, 5) is 6.41. The van der Waals surface area contributed by atoms with Gasteiger partial charge >= 0.3 is 0 Å². The Bertz CT molecular complexity index is 360. The van der Waals surface area contributed by atoms with E-state index < -0.39 is 0 Å². The van der Waals surface area contributed by atoms with Crippen LogP contribution in [0.3, 0.4) is 0 Å². The molecule has 1 aromatic heterocycles. The lowest BCUT2D eigenvalue weighted by molar-refractivity contribution is 0.474. The van der Waals surface area contributed by atoms with Crippen molar-refractivity contribution >= 4 is 23.1 Å². The third-order valence-electron chi connectivity index (χ3n) is 3.16. The maximum absolute atomic E-state index is 4.86. The highest BCUT2D eigenvalue weighted by atomic mass is 32.2. The van der Waals surface area contributed by atoms with Crippen molar-refractivity contribution < 1.29 is 0 Å². The monoisotopic (exact) mass is 270 g/mol. The number of fused-ring (bicyclic) bond motifs is 1. The molecule has 17 heavy (non-hydrogen) atoms. The van der Waals surface area contributed by atoms with E-state index in [1.165, 1.54) is 30.0 Å². The second-order valence-corrected chi connectivity index (χ2v) is 7.04. The Kier molecular flexibility index (Phi) is 4.88. The quantitative estimate of drug-likeness (QED) is 0.887. The molecule has 1 atom stereocenters. The van der Waals surface area contributed by atoms with Crippen molar-refractivity contribution in [2.75, 3.05) is 12.8 Å². The Balaban J connectivity index is 2.07. The second kappa shape index (κ2) is 6.21. The van der Waals surface area contributed by atoms with Crippen molar-refractivity contribution in [1.29, 1.82) is 0 Å². The zero-order valence-corrected chi connectivity index (χ0v) is 12.6. The van der Waals surface area contributed by atoms with Crippen LogP contribution in [0.1, 0.15) is 48.2 Å². The molecule has 1 unspecified atom stereocenters. The molecule has 1 N–H and O–H groups in total. The van der Waals surface area contributed by atoms with E-state index in [1.54, 1.807) is 4.88 Å². The molecule has 2 rings (SSSR count). The van der Waals surface area contributed by atoms with Crippen molar-refractivity contribution in [1.82, 2.24) is 10.3 Å². The van der Waals surface area contributed by atoms with Gasteiger partial charge in [-0.3, -0.25) is 0 Å². The average molecular weight is 270 g/mol. The van der Waals surface area contributed by atoms with Gasteiger partial charge in [-0.2, -0.15) is 11.8 Å². The molecule has 0 saturated carbocycles. The lowest BCUT2D eigenvalue weighted by atomic mass is 9.91. The number of rotatable bonds is 5. The van der Waals surface area contributed by atoms with Crippen LogP contribution in [0.25, 0.3) is 0 Å².